The van der Waals surface area contributed by atoms with Gasteiger partial charge in [0.05, 0.1) is 20.3 Å². The van der Waals surface area contributed by atoms with Crippen molar-refractivity contribution in [1.82, 2.24) is 34.4 Å². The molecule has 0 aliphatic heterocycles. The molecule has 4 aromatic rings. The van der Waals surface area contributed by atoms with Gasteiger partial charge in [0.15, 0.2) is 11.6 Å². The van der Waals surface area contributed by atoms with Gasteiger partial charge in [0.25, 0.3) is 0 Å². The summed E-state index contributed by atoms with van der Waals surface area (Å²) in [5.41, 5.74) is 2.94. The molecule has 0 bridgehead atoms. The topological polar surface area (TPSA) is 157 Å². The monoisotopic (exact) mass is 525 g/mol. The predicted octanol–water partition coefficient (Wildman–Crippen LogP) is 2.12. The van der Waals surface area contributed by atoms with Crippen LogP contribution in [0, 0.1) is 13.8 Å². The van der Waals surface area contributed by atoms with Gasteiger partial charge in [-0.15, -0.1) is 10.2 Å². The molecule has 0 spiro atoms. The van der Waals surface area contributed by atoms with Crippen molar-refractivity contribution < 1.29 is 23.3 Å². The molecule has 0 fully saturated rings. The number of hydrogen-bond donors (Lipinski definition) is 3. The predicted molar refractivity (Wildman–Crippen MR) is 136 cm³/mol. The lowest BCUT2D eigenvalue weighted by Gasteiger charge is -2.22. The van der Waals surface area contributed by atoms with Crippen molar-refractivity contribution >= 4 is 11.3 Å². The number of para-hydroxylation sites is 1. The van der Waals surface area contributed by atoms with Crippen LogP contribution in [0.25, 0.3) is 17.1 Å². The van der Waals surface area contributed by atoms with E-state index in [1.807, 2.05) is 19.9 Å². The molecule has 0 saturated heterocycles. The van der Waals surface area contributed by atoms with Crippen LogP contribution < -0.4 is 14.2 Å². The number of aryl methyl sites for hydroxylation is 2. The summed E-state index contributed by atoms with van der Waals surface area (Å²) in [7, 11) is 3.07. The van der Waals surface area contributed by atoms with Gasteiger partial charge in [-0.05, 0) is 43.2 Å². The number of methoxy groups -OCH3 is 2. The van der Waals surface area contributed by atoms with Crippen LogP contribution in [-0.4, -0.2) is 63.8 Å². The minimum atomic E-state index is -2.45. The van der Waals surface area contributed by atoms with E-state index in [0.29, 0.717) is 34.4 Å². The van der Waals surface area contributed by atoms with Crippen molar-refractivity contribution in [1.29, 1.82) is 0 Å². The minimum Gasteiger partial charge on any atom is -0.494 e. The highest BCUT2D eigenvalue weighted by molar-refractivity contribution is 7.77. The van der Waals surface area contributed by atoms with Gasteiger partial charge in [-0.2, -0.15) is 0 Å². The quantitative estimate of drug-likeness (QED) is 0.262. The maximum absolute atomic E-state index is 11.8. The fraction of sp³-hybridized carbons (Fsp3) is 0.292. The lowest BCUT2D eigenvalue weighted by Crippen LogP contribution is -2.39. The second-order valence-corrected chi connectivity index (χ2v) is 9.01. The van der Waals surface area contributed by atoms with Crippen molar-refractivity contribution in [2.24, 2.45) is 0 Å². The number of hydrogen-bond acceptors (Lipinski definition) is 9. The molecule has 37 heavy (non-hydrogen) atoms. The van der Waals surface area contributed by atoms with Crippen LogP contribution in [0.15, 0.2) is 49.1 Å². The molecule has 3 heterocycles. The van der Waals surface area contributed by atoms with Crippen molar-refractivity contribution in [2.75, 3.05) is 14.2 Å². The number of aliphatic hydroxyl groups is 1. The Morgan fingerprint density at radius 3 is 2.30 bits per heavy atom. The molecule has 3 aromatic heterocycles. The highest BCUT2D eigenvalue weighted by Crippen LogP contribution is 2.36. The highest BCUT2D eigenvalue weighted by atomic mass is 32.2. The highest BCUT2D eigenvalue weighted by Gasteiger charge is 2.30. The van der Waals surface area contributed by atoms with Gasteiger partial charge in [0.1, 0.15) is 29.1 Å². The van der Waals surface area contributed by atoms with E-state index in [4.69, 9.17) is 9.47 Å². The average Bonchev–Trinajstić information content (AvgIpc) is 3.30. The summed E-state index contributed by atoms with van der Waals surface area (Å²) in [5, 5.41) is 19.9. The molecule has 3 N–H and O–H groups in total. The third-order valence-corrected chi connectivity index (χ3v) is 6.09. The molecule has 0 aliphatic rings. The van der Waals surface area contributed by atoms with E-state index in [9.17, 15) is 13.9 Å². The molecular weight excluding hydrogens is 498 g/mol. The van der Waals surface area contributed by atoms with Gasteiger partial charge >= 0.3 is 0 Å². The Kier molecular flexibility index (Phi) is 8.18. The first-order chi connectivity index (χ1) is 17.8. The number of ether oxygens (including phenoxy) is 2. The van der Waals surface area contributed by atoms with Crippen molar-refractivity contribution in [2.45, 2.75) is 32.4 Å². The number of aromatic nitrogens is 6. The molecule has 0 saturated carbocycles. The van der Waals surface area contributed by atoms with Crippen LogP contribution in [0.5, 0.6) is 11.5 Å². The Balaban J connectivity index is 1.88. The Bertz CT molecular complexity index is 1370. The second-order valence-electron chi connectivity index (χ2n) is 8.28. The van der Waals surface area contributed by atoms with E-state index < -0.39 is 23.4 Å². The number of benzene rings is 1. The lowest BCUT2D eigenvalue weighted by molar-refractivity contribution is 0.128. The van der Waals surface area contributed by atoms with Crippen molar-refractivity contribution in [3.8, 4) is 28.6 Å². The summed E-state index contributed by atoms with van der Waals surface area (Å²) in [6, 6.07) is 6.24. The van der Waals surface area contributed by atoms with Gasteiger partial charge in [0.2, 0.25) is 11.3 Å². The summed E-state index contributed by atoms with van der Waals surface area (Å²) in [6.07, 6.45) is 5.15. The van der Waals surface area contributed by atoms with E-state index in [-0.39, 0.29) is 12.2 Å². The van der Waals surface area contributed by atoms with E-state index in [1.165, 1.54) is 14.2 Å². The molecular formula is C24H27N7O5S. The first-order valence-electron chi connectivity index (χ1n) is 11.2. The molecule has 13 heteroatoms. The number of nitrogens with one attached hydrogen (secondary N) is 1. The van der Waals surface area contributed by atoms with Crippen LogP contribution in [0.3, 0.4) is 0 Å². The Labute approximate surface area is 216 Å². The van der Waals surface area contributed by atoms with Gasteiger partial charge in [-0.3, -0.25) is 14.1 Å². The van der Waals surface area contributed by atoms with E-state index >= 15 is 0 Å². The number of pyridine rings is 1. The smallest absolute Gasteiger partial charge is 0.232 e. The van der Waals surface area contributed by atoms with E-state index in [1.54, 1.807) is 47.6 Å². The molecule has 1 unspecified atom stereocenters. The molecule has 12 nitrogen and oxygen atoms in total. The SMILES string of the molecule is COc1cccc(OC)c1-n1c(C[C@H](NS(=O)O)[C@H](O)c2ncc(C)cn2)nnc1-c1cncc(C)c1. The lowest BCUT2D eigenvalue weighted by atomic mass is 10.1. The summed E-state index contributed by atoms with van der Waals surface area (Å²) in [5.74, 6) is 1.87. The van der Waals surface area contributed by atoms with Crippen LogP contribution in [0.2, 0.25) is 0 Å². The Morgan fingerprint density at radius 1 is 1.03 bits per heavy atom. The summed E-state index contributed by atoms with van der Waals surface area (Å²) >= 11 is -2.45. The number of nitrogens with zero attached hydrogens (tertiary/aromatic N) is 6. The average molecular weight is 526 g/mol. The maximum Gasteiger partial charge on any atom is 0.232 e. The third-order valence-electron chi connectivity index (χ3n) is 5.59. The van der Waals surface area contributed by atoms with Crippen molar-refractivity contribution in [3.63, 3.8) is 0 Å². The molecule has 0 aliphatic carbocycles. The summed E-state index contributed by atoms with van der Waals surface area (Å²) in [6.45, 7) is 3.73. The van der Waals surface area contributed by atoms with Crippen LogP contribution >= 0.6 is 0 Å². The normalized spacial score (nSPS) is 13.7. The first kappa shape index (κ1) is 26.3. The fourth-order valence-corrected chi connectivity index (χ4v) is 4.35. The molecule has 194 valence electrons. The zero-order chi connectivity index (χ0) is 26.5. The van der Waals surface area contributed by atoms with Crippen LogP contribution in [0.1, 0.15) is 28.9 Å². The number of rotatable bonds is 10. The van der Waals surface area contributed by atoms with Gasteiger partial charge in [0, 0.05) is 36.8 Å². The third kappa shape index (κ3) is 5.80. The maximum atomic E-state index is 11.8. The van der Waals surface area contributed by atoms with Crippen LogP contribution in [-0.2, 0) is 17.7 Å². The Hall–Kier alpha value is -3.78. The fourth-order valence-electron chi connectivity index (χ4n) is 3.88. The van der Waals surface area contributed by atoms with E-state index in [0.717, 1.165) is 11.1 Å². The van der Waals surface area contributed by atoms with E-state index in [2.05, 4.69) is 29.9 Å². The van der Waals surface area contributed by atoms with Gasteiger partial charge in [-0.25, -0.2) is 18.9 Å². The minimum absolute atomic E-state index is 0.0296. The molecule has 3 atom stereocenters. The van der Waals surface area contributed by atoms with Gasteiger partial charge in [-0.1, -0.05) is 6.07 Å². The summed E-state index contributed by atoms with van der Waals surface area (Å²) in [4.78, 5) is 12.6. The van der Waals surface area contributed by atoms with Gasteiger partial charge < -0.3 is 14.6 Å². The molecule has 4 rings (SSSR count). The zero-order valence-electron chi connectivity index (χ0n) is 20.7. The molecule has 1 aromatic carbocycles. The largest absolute Gasteiger partial charge is 0.494 e. The molecule has 0 radical (unpaired) electrons. The van der Waals surface area contributed by atoms with Crippen LogP contribution in [0.4, 0.5) is 0 Å². The number of aliphatic hydroxyl groups excluding tert-OH is 1. The standard InChI is InChI=1S/C24H27N7O5S/c1-14-8-16(13-25-10-14)24-29-28-20(31(24)21-18(35-3)6-5-7-19(21)36-4)9-17(30-37(33)34)22(32)23-26-11-15(2)12-27-23/h5-8,10-13,17,22,30,32H,9H2,1-4H3,(H,33,34)/t17-,22-/m0/s1. The molecule has 0 amide bonds. The Morgan fingerprint density at radius 2 is 1.70 bits per heavy atom. The zero-order valence-corrected chi connectivity index (χ0v) is 21.5. The first-order valence-corrected chi connectivity index (χ1v) is 12.3. The second kappa shape index (κ2) is 11.5. The van der Waals surface area contributed by atoms with Crippen molar-refractivity contribution in [3.05, 3.63) is 71.8 Å². The summed E-state index contributed by atoms with van der Waals surface area (Å²) < 4.78 is 36.9.